The normalized spacial score (nSPS) is 16.8. The maximum atomic E-state index is 12.0. The van der Waals surface area contributed by atoms with Gasteiger partial charge >= 0.3 is 0 Å². The Bertz CT molecular complexity index is 670. The summed E-state index contributed by atoms with van der Waals surface area (Å²) in [6.07, 6.45) is 5.17. The molecule has 1 saturated heterocycles. The zero-order valence-corrected chi connectivity index (χ0v) is 13.9. The molecule has 1 amide bonds. The van der Waals surface area contributed by atoms with Crippen LogP contribution in [0.4, 0.5) is 5.82 Å². The van der Waals surface area contributed by atoms with Crippen molar-refractivity contribution < 1.29 is 9.53 Å². The van der Waals surface area contributed by atoms with Crippen LogP contribution in [0.15, 0.2) is 36.7 Å². The Kier molecular flexibility index (Phi) is 5.61. The lowest BCUT2D eigenvalue weighted by Crippen LogP contribution is -2.32. The van der Waals surface area contributed by atoms with Crippen LogP contribution >= 0.6 is 11.6 Å². The molecule has 3 rings (SSSR count). The van der Waals surface area contributed by atoms with Gasteiger partial charge in [-0.2, -0.15) is 0 Å². The molecule has 126 valence electrons. The minimum absolute atomic E-state index is 0.113. The van der Waals surface area contributed by atoms with E-state index in [-0.39, 0.29) is 12.0 Å². The number of carbonyl (C=O) groups excluding carboxylic acids is 1. The van der Waals surface area contributed by atoms with Crippen LogP contribution in [-0.4, -0.2) is 35.1 Å². The Morgan fingerprint density at radius 2 is 2.08 bits per heavy atom. The molecule has 7 heteroatoms. The van der Waals surface area contributed by atoms with Gasteiger partial charge in [0.25, 0.3) is 5.91 Å². The fourth-order valence-electron chi connectivity index (χ4n) is 2.43. The summed E-state index contributed by atoms with van der Waals surface area (Å²) in [4.78, 5) is 20.4. The quantitative estimate of drug-likeness (QED) is 0.841. The molecule has 2 heterocycles. The topological polar surface area (TPSA) is 76.1 Å². The van der Waals surface area contributed by atoms with E-state index in [0.29, 0.717) is 29.6 Å². The predicted octanol–water partition coefficient (Wildman–Crippen LogP) is 2.65. The van der Waals surface area contributed by atoms with Gasteiger partial charge in [0, 0.05) is 24.7 Å². The number of halogens is 1. The van der Waals surface area contributed by atoms with Gasteiger partial charge < -0.3 is 15.4 Å². The number of nitrogens with one attached hydrogen (secondary N) is 2. The fourth-order valence-corrected chi connectivity index (χ4v) is 2.56. The lowest BCUT2D eigenvalue weighted by Gasteiger charge is -2.10. The Morgan fingerprint density at radius 3 is 2.75 bits per heavy atom. The van der Waals surface area contributed by atoms with Gasteiger partial charge in [-0.05, 0) is 30.5 Å². The average molecular weight is 347 g/mol. The molecule has 1 aromatic carbocycles. The smallest absolute Gasteiger partial charge is 0.271 e. The molecule has 1 aliphatic rings. The van der Waals surface area contributed by atoms with Gasteiger partial charge in [0.2, 0.25) is 0 Å². The van der Waals surface area contributed by atoms with Crippen LogP contribution in [0, 0.1) is 0 Å². The number of benzene rings is 1. The highest BCUT2D eigenvalue weighted by Gasteiger charge is 2.17. The molecule has 0 spiro atoms. The molecule has 6 nitrogen and oxygen atoms in total. The Hall–Kier alpha value is -2.18. The number of aromatic nitrogens is 2. The average Bonchev–Trinajstić information content (AvgIpc) is 3.13. The summed E-state index contributed by atoms with van der Waals surface area (Å²) < 4.78 is 5.47. The van der Waals surface area contributed by atoms with Crippen molar-refractivity contribution in [1.82, 2.24) is 15.3 Å². The van der Waals surface area contributed by atoms with Crippen LogP contribution in [0.25, 0.3) is 0 Å². The van der Waals surface area contributed by atoms with Gasteiger partial charge in [-0.1, -0.05) is 23.7 Å². The summed E-state index contributed by atoms with van der Waals surface area (Å²) in [5, 5.41) is 6.68. The van der Waals surface area contributed by atoms with Gasteiger partial charge in [0.15, 0.2) is 0 Å². The van der Waals surface area contributed by atoms with Crippen LogP contribution in [-0.2, 0) is 11.3 Å². The van der Waals surface area contributed by atoms with E-state index in [9.17, 15) is 4.79 Å². The standard InChI is InChI=1S/C17H19ClN4O2/c18-13-5-3-12(4-6-13)8-20-16-11-19-15(10-21-16)17(23)22-9-14-2-1-7-24-14/h3-6,10-11,14H,1-2,7-9H2,(H,20,21)(H,22,23). The van der Waals surface area contributed by atoms with Crippen molar-refractivity contribution in [3.8, 4) is 0 Å². The highest BCUT2D eigenvalue weighted by molar-refractivity contribution is 6.30. The fraction of sp³-hybridized carbons (Fsp3) is 0.353. The number of carbonyl (C=O) groups is 1. The lowest BCUT2D eigenvalue weighted by atomic mass is 10.2. The summed E-state index contributed by atoms with van der Waals surface area (Å²) in [6.45, 7) is 1.89. The van der Waals surface area contributed by atoms with E-state index in [0.717, 1.165) is 25.0 Å². The van der Waals surface area contributed by atoms with E-state index < -0.39 is 0 Å². The molecule has 1 unspecified atom stereocenters. The summed E-state index contributed by atoms with van der Waals surface area (Å²) >= 11 is 5.85. The number of ether oxygens (including phenoxy) is 1. The van der Waals surface area contributed by atoms with Crippen LogP contribution in [0.3, 0.4) is 0 Å². The van der Waals surface area contributed by atoms with Crippen molar-refractivity contribution in [2.45, 2.75) is 25.5 Å². The Labute approximate surface area is 145 Å². The SMILES string of the molecule is O=C(NCC1CCCO1)c1cnc(NCc2ccc(Cl)cc2)cn1. The van der Waals surface area contributed by atoms with Crippen molar-refractivity contribution in [3.05, 3.63) is 52.9 Å². The van der Waals surface area contributed by atoms with E-state index in [1.807, 2.05) is 24.3 Å². The first-order valence-electron chi connectivity index (χ1n) is 7.91. The zero-order valence-electron chi connectivity index (χ0n) is 13.2. The first-order chi connectivity index (χ1) is 11.7. The monoisotopic (exact) mass is 346 g/mol. The largest absolute Gasteiger partial charge is 0.376 e. The molecule has 1 atom stereocenters. The van der Waals surface area contributed by atoms with Gasteiger partial charge in [0.05, 0.1) is 18.5 Å². The number of rotatable bonds is 6. The molecular weight excluding hydrogens is 328 g/mol. The van der Waals surface area contributed by atoms with E-state index >= 15 is 0 Å². The van der Waals surface area contributed by atoms with Crippen LogP contribution in [0.5, 0.6) is 0 Å². The van der Waals surface area contributed by atoms with Crippen LogP contribution < -0.4 is 10.6 Å². The molecule has 1 aliphatic heterocycles. The maximum Gasteiger partial charge on any atom is 0.271 e. The molecule has 2 N–H and O–H groups in total. The Morgan fingerprint density at radius 1 is 1.25 bits per heavy atom. The highest BCUT2D eigenvalue weighted by atomic mass is 35.5. The third kappa shape index (κ3) is 4.66. The van der Waals surface area contributed by atoms with Crippen molar-refractivity contribution in [2.75, 3.05) is 18.5 Å². The first-order valence-corrected chi connectivity index (χ1v) is 8.28. The summed E-state index contributed by atoms with van der Waals surface area (Å²) in [6, 6.07) is 7.56. The highest BCUT2D eigenvalue weighted by Crippen LogP contribution is 2.12. The van der Waals surface area contributed by atoms with Crippen LogP contribution in [0.2, 0.25) is 5.02 Å². The van der Waals surface area contributed by atoms with Crippen molar-refractivity contribution in [2.24, 2.45) is 0 Å². The molecule has 1 aromatic heterocycles. The molecule has 0 saturated carbocycles. The van der Waals surface area contributed by atoms with Gasteiger partial charge in [-0.3, -0.25) is 4.79 Å². The Balaban J connectivity index is 1.48. The zero-order chi connectivity index (χ0) is 16.8. The summed E-state index contributed by atoms with van der Waals surface area (Å²) in [7, 11) is 0. The lowest BCUT2D eigenvalue weighted by molar-refractivity contribution is 0.0853. The first kappa shape index (κ1) is 16.7. The number of anilines is 1. The third-order valence-corrected chi connectivity index (χ3v) is 4.04. The molecule has 1 fully saturated rings. The summed E-state index contributed by atoms with van der Waals surface area (Å²) in [5.41, 5.74) is 1.38. The maximum absolute atomic E-state index is 12.0. The second kappa shape index (κ2) is 8.08. The minimum Gasteiger partial charge on any atom is -0.376 e. The number of nitrogens with zero attached hydrogens (tertiary/aromatic N) is 2. The third-order valence-electron chi connectivity index (χ3n) is 3.79. The number of amides is 1. The van der Waals surface area contributed by atoms with E-state index in [4.69, 9.17) is 16.3 Å². The molecule has 0 radical (unpaired) electrons. The summed E-state index contributed by atoms with van der Waals surface area (Å²) in [5.74, 6) is 0.378. The van der Waals surface area contributed by atoms with E-state index in [2.05, 4.69) is 20.6 Å². The number of hydrogen-bond donors (Lipinski definition) is 2. The molecule has 0 aliphatic carbocycles. The molecule has 24 heavy (non-hydrogen) atoms. The van der Waals surface area contributed by atoms with Gasteiger partial charge in [0.1, 0.15) is 11.5 Å². The van der Waals surface area contributed by atoms with Gasteiger partial charge in [-0.25, -0.2) is 9.97 Å². The second-order valence-electron chi connectivity index (χ2n) is 5.61. The van der Waals surface area contributed by atoms with Crippen molar-refractivity contribution in [3.63, 3.8) is 0 Å². The van der Waals surface area contributed by atoms with Gasteiger partial charge in [-0.15, -0.1) is 0 Å². The van der Waals surface area contributed by atoms with Crippen LogP contribution in [0.1, 0.15) is 28.9 Å². The van der Waals surface area contributed by atoms with E-state index in [1.165, 1.54) is 6.20 Å². The second-order valence-corrected chi connectivity index (χ2v) is 6.05. The predicted molar refractivity (Wildman–Crippen MR) is 92.1 cm³/mol. The molecular formula is C17H19ClN4O2. The van der Waals surface area contributed by atoms with Crippen molar-refractivity contribution >= 4 is 23.3 Å². The van der Waals surface area contributed by atoms with Crippen molar-refractivity contribution in [1.29, 1.82) is 0 Å². The number of hydrogen-bond acceptors (Lipinski definition) is 5. The van der Waals surface area contributed by atoms with E-state index in [1.54, 1.807) is 6.20 Å². The minimum atomic E-state index is -0.234. The molecule has 0 bridgehead atoms. The molecule has 2 aromatic rings.